The van der Waals surface area contributed by atoms with E-state index >= 15 is 0 Å². The van der Waals surface area contributed by atoms with Gasteiger partial charge >= 0.3 is 0 Å². The Kier molecular flexibility index (Phi) is 5.62. The first kappa shape index (κ1) is 14.5. The summed E-state index contributed by atoms with van der Waals surface area (Å²) in [6, 6.07) is 3.69. The Morgan fingerprint density at radius 3 is 2.56 bits per heavy atom. The van der Waals surface area contributed by atoms with Crippen LogP contribution in [0.1, 0.15) is 56.1 Å². The summed E-state index contributed by atoms with van der Waals surface area (Å²) in [6.45, 7) is 6.21. The van der Waals surface area contributed by atoms with Gasteiger partial charge in [0.1, 0.15) is 5.82 Å². The van der Waals surface area contributed by atoms with Crippen molar-refractivity contribution in [1.29, 1.82) is 0 Å². The van der Waals surface area contributed by atoms with Crippen LogP contribution in [0, 0.1) is 0 Å². The fourth-order valence-electron chi connectivity index (χ4n) is 1.89. The monoisotopic (exact) mass is 249 g/mol. The molecule has 0 aliphatic heterocycles. The van der Waals surface area contributed by atoms with Gasteiger partial charge in [0.2, 0.25) is 0 Å². The van der Waals surface area contributed by atoms with Gasteiger partial charge in [-0.2, -0.15) is 0 Å². The Balaban J connectivity index is 2.84. The first-order valence-electron chi connectivity index (χ1n) is 6.67. The second kappa shape index (κ2) is 6.99. The van der Waals surface area contributed by atoms with E-state index in [2.05, 4.69) is 31.1 Å². The molecular formula is C14H23N3O. The fourth-order valence-corrected chi connectivity index (χ4v) is 1.89. The summed E-state index contributed by atoms with van der Waals surface area (Å²) in [5.41, 5.74) is 7.22. The summed E-state index contributed by atoms with van der Waals surface area (Å²) < 4.78 is 0. The predicted molar refractivity (Wildman–Crippen MR) is 74.5 cm³/mol. The molecule has 1 amide bonds. The highest BCUT2D eigenvalue weighted by atomic mass is 16.1. The molecule has 3 N–H and O–H groups in total. The topological polar surface area (TPSA) is 68.0 Å². The highest BCUT2D eigenvalue weighted by Crippen LogP contribution is 2.10. The molecule has 4 heteroatoms. The zero-order valence-electron chi connectivity index (χ0n) is 11.5. The van der Waals surface area contributed by atoms with Gasteiger partial charge in [-0.1, -0.05) is 27.2 Å². The van der Waals surface area contributed by atoms with Crippen LogP contribution in [0.15, 0.2) is 12.1 Å². The molecule has 0 saturated carbocycles. The number of carbonyl (C=O) groups excluding carboxylic acids is 1. The van der Waals surface area contributed by atoms with E-state index in [0.717, 1.165) is 31.4 Å². The molecule has 1 aromatic rings. The van der Waals surface area contributed by atoms with E-state index in [4.69, 9.17) is 5.73 Å². The molecule has 0 radical (unpaired) electrons. The van der Waals surface area contributed by atoms with Crippen molar-refractivity contribution in [2.24, 2.45) is 0 Å². The normalized spacial score (nSPS) is 10.7. The van der Waals surface area contributed by atoms with Crippen LogP contribution in [0.3, 0.4) is 0 Å². The van der Waals surface area contributed by atoms with Crippen LogP contribution >= 0.6 is 0 Å². The number of aromatic nitrogens is 1. The molecule has 0 unspecified atom stereocenters. The Bertz CT molecular complexity index is 400. The maximum absolute atomic E-state index is 12.1. The molecule has 0 aliphatic rings. The van der Waals surface area contributed by atoms with E-state index in [1.807, 2.05) is 6.07 Å². The SMILES string of the molecule is CCCc1cc(C(=O)NC(CC)CC)cc(N)n1. The standard InChI is InChI=1S/C14H23N3O/c1-4-7-12-8-10(9-13(15)16-12)14(18)17-11(5-2)6-3/h8-9,11H,4-7H2,1-3H3,(H2,15,16)(H,17,18). The summed E-state index contributed by atoms with van der Waals surface area (Å²) in [5.74, 6) is 0.353. The molecule has 18 heavy (non-hydrogen) atoms. The van der Waals surface area contributed by atoms with E-state index in [1.54, 1.807) is 6.07 Å². The molecule has 1 heterocycles. The number of hydrogen-bond donors (Lipinski definition) is 2. The number of amides is 1. The number of nitrogens with one attached hydrogen (secondary N) is 1. The number of hydrogen-bond acceptors (Lipinski definition) is 3. The lowest BCUT2D eigenvalue weighted by atomic mass is 10.1. The number of nitrogens with two attached hydrogens (primary N) is 1. The van der Waals surface area contributed by atoms with E-state index in [1.165, 1.54) is 0 Å². The van der Waals surface area contributed by atoms with Crippen LogP contribution < -0.4 is 11.1 Å². The summed E-state index contributed by atoms with van der Waals surface area (Å²) in [4.78, 5) is 16.3. The van der Waals surface area contributed by atoms with Crippen LogP contribution in [0.2, 0.25) is 0 Å². The first-order chi connectivity index (χ1) is 8.60. The largest absolute Gasteiger partial charge is 0.384 e. The number of pyridine rings is 1. The molecule has 1 aromatic heterocycles. The van der Waals surface area contributed by atoms with Crippen LogP contribution in [-0.2, 0) is 6.42 Å². The highest BCUT2D eigenvalue weighted by Gasteiger charge is 2.12. The maximum Gasteiger partial charge on any atom is 0.251 e. The zero-order valence-corrected chi connectivity index (χ0v) is 11.5. The number of aryl methyl sites for hydroxylation is 1. The van der Waals surface area contributed by atoms with Crippen molar-refractivity contribution in [3.63, 3.8) is 0 Å². The maximum atomic E-state index is 12.1. The van der Waals surface area contributed by atoms with E-state index in [-0.39, 0.29) is 11.9 Å². The minimum absolute atomic E-state index is 0.0600. The van der Waals surface area contributed by atoms with Gasteiger partial charge in [0.15, 0.2) is 0 Å². The second-order valence-electron chi connectivity index (χ2n) is 4.51. The van der Waals surface area contributed by atoms with Gasteiger partial charge < -0.3 is 11.1 Å². The van der Waals surface area contributed by atoms with Crippen LogP contribution in [0.25, 0.3) is 0 Å². The summed E-state index contributed by atoms with van der Waals surface area (Å²) in [5, 5.41) is 3.01. The van der Waals surface area contributed by atoms with Gasteiger partial charge in [-0.05, 0) is 31.4 Å². The van der Waals surface area contributed by atoms with Crippen molar-refractivity contribution in [3.8, 4) is 0 Å². The highest BCUT2D eigenvalue weighted by molar-refractivity contribution is 5.95. The fraction of sp³-hybridized carbons (Fsp3) is 0.571. The molecule has 0 spiro atoms. The van der Waals surface area contributed by atoms with E-state index < -0.39 is 0 Å². The molecule has 100 valence electrons. The van der Waals surface area contributed by atoms with Gasteiger partial charge in [0, 0.05) is 17.3 Å². The third-order valence-electron chi connectivity index (χ3n) is 2.99. The number of anilines is 1. The third kappa shape index (κ3) is 4.02. The smallest absolute Gasteiger partial charge is 0.251 e. The van der Waals surface area contributed by atoms with Crippen molar-refractivity contribution in [2.45, 2.75) is 52.5 Å². The minimum Gasteiger partial charge on any atom is -0.384 e. The Labute approximate surface area is 109 Å². The molecular weight excluding hydrogens is 226 g/mol. The zero-order chi connectivity index (χ0) is 13.5. The Hall–Kier alpha value is -1.58. The number of nitrogen functional groups attached to an aromatic ring is 1. The molecule has 0 bridgehead atoms. The minimum atomic E-state index is -0.0600. The Morgan fingerprint density at radius 1 is 1.33 bits per heavy atom. The lowest BCUT2D eigenvalue weighted by Crippen LogP contribution is -2.33. The molecule has 0 saturated heterocycles. The lowest BCUT2D eigenvalue weighted by Gasteiger charge is -2.15. The van der Waals surface area contributed by atoms with Gasteiger partial charge in [-0.25, -0.2) is 4.98 Å². The first-order valence-corrected chi connectivity index (χ1v) is 6.67. The van der Waals surface area contributed by atoms with Crippen molar-refractivity contribution in [3.05, 3.63) is 23.4 Å². The van der Waals surface area contributed by atoms with Crippen LogP contribution in [0.4, 0.5) is 5.82 Å². The van der Waals surface area contributed by atoms with Gasteiger partial charge in [0.05, 0.1) is 0 Å². The molecule has 1 rings (SSSR count). The number of carbonyl (C=O) groups is 1. The summed E-state index contributed by atoms with van der Waals surface area (Å²) in [7, 11) is 0. The van der Waals surface area contributed by atoms with Crippen molar-refractivity contribution in [1.82, 2.24) is 10.3 Å². The molecule has 0 aliphatic carbocycles. The number of rotatable bonds is 6. The summed E-state index contributed by atoms with van der Waals surface area (Å²) in [6.07, 6.45) is 3.70. The van der Waals surface area contributed by atoms with Crippen molar-refractivity contribution < 1.29 is 4.79 Å². The average Bonchev–Trinajstić information content (AvgIpc) is 2.35. The van der Waals surface area contributed by atoms with Crippen molar-refractivity contribution >= 4 is 11.7 Å². The lowest BCUT2D eigenvalue weighted by molar-refractivity contribution is 0.0934. The Morgan fingerprint density at radius 2 is 2.00 bits per heavy atom. The van der Waals surface area contributed by atoms with E-state index in [9.17, 15) is 4.79 Å². The van der Waals surface area contributed by atoms with Gasteiger partial charge in [-0.3, -0.25) is 4.79 Å². The summed E-state index contributed by atoms with van der Waals surface area (Å²) >= 11 is 0. The van der Waals surface area contributed by atoms with Gasteiger partial charge in [0.25, 0.3) is 5.91 Å². The molecule has 0 aromatic carbocycles. The molecule has 4 nitrogen and oxygen atoms in total. The quantitative estimate of drug-likeness (QED) is 0.814. The molecule has 0 fully saturated rings. The van der Waals surface area contributed by atoms with Crippen LogP contribution in [0.5, 0.6) is 0 Å². The predicted octanol–water partition coefficient (Wildman–Crippen LogP) is 2.53. The second-order valence-corrected chi connectivity index (χ2v) is 4.51. The van der Waals surface area contributed by atoms with E-state index in [0.29, 0.717) is 11.4 Å². The van der Waals surface area contributed by atoms with Crippen LogP contribution in [-0.4, -0.2) is 16.9 Å². The molecule has 0 atom stereocenters. The average molecular weight is 249 g/mol. The van der Waals surface area contributed by atoms with Crippen molar-refractivity contribution in [2.75, 3.05) is 5.73 Å². The third-order valence-corrected chi connectivity index (χ3v) is 2.99. The van der Waals surface area contributed by atoms with Gasteiger partial charge in [-0.15, -0.1) is 0 Å². The number of nitrogens with zero attached hydrogens (tertiary/aromatic N) is 1.